The summed E-state index contributed by atoms with van der Waals surface area (Å²) in [4.78, 5) is 43.4. The Morgan fingerprint density at radius 3 is 2.70 bits per heavy atom. The molecule has 1 aromatic heterocycles. The molecule has 2 heterocycles. The third-order valence-corrected chi connectivity index (χ3v) is 4.92. The fraction of sp³-hybridized carbons (Fsp3) is 0.0909. The summed E-state index contributed by atoms with van der Waals surface area (Å²) in [7, 11) is 0. The fourth-order valence-corrected chi connectivity index (χ4v) is 3.44. The molecule has 0 radical (unpaired) electrons. The standard InChI is InChI=1S/C22H16N4O4/c27-19-11-30-18-6-5-12(7-17(18)24-19)10-23-22(29)20-25-16-9-14-4-2-1-3-13(14)8-15(16)21(28)26-20/h1-9H,10-11H2,(H,23,29)(H,24,27)(H,25,26,28). The smallest absolute Gasteiger partial charge is 0.287 e. The number of carbonyl (C=O) groups is 2. The number of nitrogens with one attached hydrogen (secondary N) is 3. The van der Waals surface area contributed by atoms with Crippen LogP contribution in [-0.4, -0.2) is 28.4 Å². The summed E-state index contributed by atoms with van der Waals surface area (Å²) in [5.74, 6) is -0.205. The van der Waals surface area contributed by atoms with Gasteiger partial charge in [-0.1, -0.05) is 30.3 Å². The molecule has 0 saturated heterocycles. The highest BCUT2D eigenvalue weighted by Crippen LogP contribution is 2.28. The molecule has 1 aliphatic rings. The maximum absolute atomic E-state index is 12.6. The zero-order valence-corrected chi connectivity index (χ0v) is 15.7. The minimum absolute atomic E-state index is 0.0145. The first-order chi connectivity index (χ1) is 14.6. The summed E-state index contributed by atoms with van der Waals surface area (Å²) in [6.07, 6.45) is 0. The Morgan fingerprint density at radius 2 is 1.87 bits per heavy atom. The zero-order chi connectivity index (χ0) is 20.7. The van der Waals surface area contributed by atoms with Gasteiger partial charge in [0.05, 0.1) is 16.6 Å². The van der Waals surface area contributed by atoms with Crippen LogP contribution in [0.4, 0.5) is 5.69 Å². The lowest BCUT2D eigenvalue weighted by Gasteiger charge is -2.18. The third-order valence-electron chi connectivity index (χ3n) is 4.92. The second-order valence-corrected chi connectivity index (χ2v) is 6.98. The van der Waals surface area contributed by atoms with Crippen LogP contribution in [-0.2, 0) is 11.3 Å². The number of benzene rings is 3. The number of fused-ring (bicyclic) bond motifs is 3. The number of rotatable bonds is 3. The van der Waals surface area contributed by atoms with E-state index in [9.17, 15) is 14.4 Å². The second kappa shape index (κ2) is 7.00. The summed E-state index contributed by atoms with van der Waals surface area (Å²) in [6.45, 7) is 0.181. The van der Waals surface area contributed by atoms with Gasteiger partial charge in [-0.3, -0.25) is 14.4 Å². The lowest BCUT2D eigenvalue weighted by atomic mass is 10.1. The van der Waals surface area contributed by atoms with Crippen molar-refractivity contribution in [1.29, 1.82) is 0 Å². The van der Waals surface area contributed by atoms with Gasteiger partial charge in [0.15, 0.2) is 12.4 Å². The van der Waals surface area contributed by atoms with Crippen LogP contribution in [0.3, 0.4) is 0 Å². The van der Waals surface area contributed by atoms with E-state index in [0.717, 1.165) is 16.3 Å². The zero-order valence-electron chi connectivity index (χ0n) is 15.7. The molecule has 0 bridgehead atoms. The van der Waals surface area contributed by atoms with E-state index in [4.69, 9.17) is 4.74 Å². The number of hydrogen-bond donors (Lipinski definition) is 3. The van der Waals surface area contributed by atoms with E-state index in [2.05, 4.69) is 20.6 Å². The number of H-pyrrole nitrogens is 1. The van der Waals surface area contributed by atoms with Crippen molar-refractivity contribution in [3.8, 4) is 5.75 Å². The van der Waals surface area contributed by atoms with Crippen LogP contribution in [0.1, 0.15) is 16.2 Å². The van der Waals surface area contributed by atoms with Crippen molar-refractivity contribution in [2.45, 2.75) is 6.54 Å². The van der Waals surface area contributed by atoms with Gasteiger partial charge in [-0.25, -0.2) is 4.98 Å². The van der Waals surface area contributed by atoms with Gasteiger partial charge in [-0.15, -0.1) is 0 Å². The molecule has 5 rings (SSSR count). The van der Waals surface area contributed by atoms with Crippen LogP contribution in [0.25, 0.3) is 21.7 Å². The molecule has 0 aliphatic carbocycles. The molecule has 30 heavy (non-hydrogen) atoms. The van der Waals surface area contributed by atoms with Crippen molar-refractivity contribution >= 4 is 39.2 Å². The molecule has 0 saturated carbocycles. The van der Waals surface area contributed by atoms with Crippen LogP contribution in [0.5, 0.6) is 5.75 Å². The highest BCUT2D eigenvalue weighted by Gasteiger charge is 2.17. The average molecular weight is 400 g/mol. The molecule has 8 nitrogen and oxygen atoms in total. The molecule has 3 N–H and O–H groups in total. The minimum atomic E-state index is -0.500. The number of carbonyl (C=O) groups excluding carboxylic acids is 2. The fourth-order valence-electron chi connectivity index (χ4n) is 3.44. The lowest BCUT2D eigenvalue weighted by molar-refractivity contribution is -0.118. The second-order valence-electron chi connectivity index (χ2n) is 6.98. The van der Waals surface area contributed by atoms with E-state index in [1.54, 1.807) is 30.3 Å². The normalized spacial score (nSPS) is 12.9. The van der Waals surface area contributed by atoms with Gasteiger partial charge in [0.1, 0.15) is 5.75 Å². The predicted octanol–water partition coefficient (Wildman–Crippen LogP) is 2.34. The van der Waals surface area contributed by atoms with E-state index in [0.29, 0.717) is 22.3 Å². The number of aromatic nitrogens is 2. The van der Waals surface area contributed by atoms with E-state index >= 15 is 0 Å². The molecule has 4 aromatic rings. The highest BCUT2D eigenvalue weighted by atomic mass is 16.5. The van der Waals surface area contributed by atoms with Gasteiger partial charge in [0.2, 0.25) is 0 Å². The van der Waals surface area contributed by atoms with Gasteiger partial charge < -0.3 is 20.4 Å². The predicted molar refractivity (Wildman–Crippen MR) is 112 cm³/mol. The van der Waals surface area contributed by atoms with Gasteiger partial charge in [0.25, 0.3) is 17.4 Å². The van der Waals surface area contributed by atoms with Gasteiger partial charge >= 0.3 is 0 Å². The summed E-state index contributed by atoms with van der Waals surface area (Å²) < 4.78 is 5.32. The van der Waals surface area contributed by atoms with Crippen LogP contribution in [0, 0.1) is 0 Å². The SMILES string of the molecule is O=C1COc2ccc(CNC(=O)c3nc4cc5ccccc5cc4c(=O)[nH]3)cc2N1. The maximum Gasteiger partial charge on any atom is 0.287 e. The Bertz CT molecular complexity index is 1390. The maximum atomic E-state index is 12.6. The number of ether oxygens (including phenoxy) is 1. The summed E-state index contributed by atoms with van der Waals surface area (Å²) >= 11 is 0. The molecular weight excluding hydrogens is 384 g/mol. The van der Waals surface area contributed by atoms with Gasteiger partial charge in [-0.05, 0) is 40.6 Å². The van der Waals surface area contributed by atoms with Crippen LogP contribution < -0.4 is 20.9 Å². The molecule has 0 spiro atoms. The molecule has 2 amide bonds. The number of aromatic amines is 1. The first kappa shape index (κ1) is 17.9. The lowest BCUT2D eigenvalue weighted by Crippen LogP contribution is -2.28. The summed E-state index contributed by atoms with van der Waals surface area (Å²) in [5, 5.41) is 7.76. The first-order valence-corrected chi connectivity index (χ1v) is 9.33. The largest absolute Gasteiger partial charge is 0.482 e. The molecule has 1 aliphatic heterocycles. The van der Waals surface area contributed by atoms with Crippen molar-refractivity contribution in [2.75, 3.05) is 11.9 Å². The van der Waals surface area contributed by atoms with Crippen LogP contribution in [0.15, 0.2) is 59.4 Å². The molecule has 0 unspecified atom stereocenters. The van der Waals surface area contributed by atoms with Crippen molar-refractivity contribution in [3.05, 3.63) is 76.3 Å². The Hall–Kier alpha value is -4.20. The van der Waals surface area contributed by atoms with E-state index < -0.39 is 5.91 Å². The summed E-state index contributed by atoms with van der Waals surface area (Å²) in [5.41, 5.74) is 1.41. The molecular formula is C22H16N4O4. The highest BCUT2D eigenvalue weighted by molar-refractivity contribution is 5.98. The van der Waals surface area contributed by atoms with Gasteiger partial charge in [-0.2, -0.15) is 0 Å². The summed E-state index contributed by atoms with van der Waals surface area (Å²) in [6, 6.07) is 16.5. The molecule has 148 valence electrons. The Morgan fingerprint density at radius 1 is 1.07 bits per heavy atom. The average Bonchev–Trinajstić information content (AvgIpc) is 2.76. The monoisotopic (exact) mass is 400 g/mol. The van der Waals surface area contributed by atoms with Crippen molar-refractivity contribution < 1.29 is 14.3 Å². The van der Waals surface area contributed by atoms with Gasteiger partial charge in [0, 0.05) is 6.54 Å². The Kier molecular flexibility index (Phi) is 4.17. The molecule has 0 fully saturated rings. The van der Waals surface area contributed by atoms with Crippen LogP contribution >= 0.6 is 0 Å². The van der Waals surface area contributed by atoms with Crippen molar-refractivity contribution in [1.82, 2.24) is 15.3 Å². The minimum Gasteiger partial charge on any atom is -0.482 e. The van der Waals surface area contributed by atoms with E-state index in [1.165, 1.54) is 0 Å². The number of hydrogen-bond acceptors (Lipinski definition) is 5. The van der Waals surface area contributed by atoms with Crippen LogP contribution in [0.2, 0.25) is 0 Å². The number of nitrogens with zero attached hydrogens (tertiary/aromatic N) is 1. The van der Waals surface area contributed by atoms with Crippen molar-refractivity contribution in [3.63, 3.8) is 0 Å². The Labute approximate surface area is 169 Å². The Balaban J connectivity index is 1.39. The number of anilines is 1. The third kappa shape index (κ3) is 3.24. The molecule has 0 atom stereocenters. The van der Waals surface area contributed by atoms with E-state index in [1.807, 2.05) is 24.3 Å². The molecule has 3 aromatic carbocycles. The number of amides is 2. The first-order valence-electron chi connectivity index (χ1n) is 9.33. The quantitative estimate of drug-likeness (QED) is 0.457. The van der Waals surface area contributed by atoms with E-state index in [-0.39, 0.29) is 30.4 Å². The van der Waals surface area contributed by atoms with Crippen molar-refractivity contribution in [2.24, 2.45) is 0 Å². The molecule has 8 heteroatoms. The topological polar surface area (TPSA) is 113 Å².